The zero-order valence-electron chi connectivity index (χ0n) is 56.4. The molecule has 2 amide bonds. The standard InChI is InChI=1S/C68H88N7O21P/c1-42(2)75(43(3)4)97(37-36-87-33-32-85-30-31-86-34-35-88-66-57(70-44(5)76)61(93-47(8)79)59(92-46(7)78)54(95-66)38-89-45(6)77)96-60-55(39-91-68(48-18-14-12-15-19-48,49-22-26-51(82-9)27-23-49)50-24-28-52(83-10)29-25-50)94-65(62(60)84-11)74-41-69-58-63(74)72-67(73-64(58)81)71-56(80)40-90-53-20-16-13-17-21-53/h12-29,41-43,54-55,57,59-62,65-66H,30-40H2,1-11H3,(H,70,76)(H2,71,72,73,80,81)/t54-,55-,57-,59+,60-,61-,62-,65-,66-,97?/m1/s1. The first-order valence-corrected chi connectivity index (χ1v) is 33.2. The van der Waals surface area contributed by atoms with E-state index in [9.17, 15) is 28.8 Å². The Bertz CT molecular complexity index is 3480. The van der Waals surface area contributed by atoms with Crippen LogP contribution in [0.25, 0.3) is 11.2 Å². The first kappa shape index (κ1) is 74.8. The zero-order chi connectivity index (χ0) is 69.6. The number of hydrogen-bond donors (Lipinski definition) is 3. The van der Waals surface area contributed by atoms with Gasteiger partial charge in [0.1, 0.15) is 68.2 Å². The van der Waals surface area contributed by atoms with Crippen LogP contribution in [-0.4, -0.2) is 209 Å². The summed E-state index contributed by atoms with van der Waals surface area (Å²) in [7, 11) is 3.25. The summed E-state index contributed by atoms with van der Waals surface area (Å²) in [5.41, 5.74) is 0.587. The fourth-order valence-electron chi connectivity index (χ4n) is 11.5. The summed E-state index contributed by atoms with van der Waals surface area (Å²) < 4.78 is 95.6. The van der Waals surface area contributed by atoms with E-state index >= 15 is 0 Å². The number of carbonyl (C=O) groups excluding carboxylic acids is 5. The van der Waals surface area contributed by atoms with Gasteiger partial charge < -0.3 is 76.2 Å². The van der Waals surface area contributed by atoms with Crippen molar-refractivity contribution in [1.29, 1.82) is 0 Å². The van der Waals surface area contributed by atoms with Gasteiger partial charge in [0.25, 0.3) is 11.5 Å². The zero-order valence-corrected chi connectivity index (χ0v) is 57.3. The fourth-order valence-corrected chi connectivity index (χ4v) is 13.8. The molecule has 10 atom stereocenters. The van der Waals surface area contributed by atoms with Crippen molar-refractivity contribution in [2.45, 2.75) is 128 Å². The number of imidazole rings is 1. The minimum absolute atomic E-state index is 0.000207. The first-order valence-electron chi connectivity index (χ1n) is 31.8. The molecule has 2 aliphatic rings. The van der Waals surface area contributed by atoms with Gasteiger partial charge in [-0.15, -0.1) is 0 Å². The van der Waals surface area contributed by atoms with Crippen LogP contribution in [0.15, 0.2) is 120 Å². The average Bonchev–Trinajstić information content (AvgIpc) is 1.74. The Morgan fingerprint density at radius 2 is 1.21 bits per heavy atom. The molecule has 2 aromatic heterocycles. The van der Waals surface area contributed by atoms with E-state index in [1.165, 1.54) is 20.2 Å². The van der Waals surface area contributed by atoms with Crippen LogP contribution in [0.2, 0.25) is 0 Å². The van der Waals surface area contributed by atoms with Gasteiger partial charge in [0.05, 0.1) is 73.4 Å². The number of nitrogens with one attached hydrogen (secondary N) is 3. The van der Waals surface area contributed by atoms with Gasteiger partial charge in [-0.1, -0.05) is 72.8 Å². The molecule has 0 bridgehead atoms. The molecule has 2 aliphatic heterocycles. The fraction of sp³-hybridized carbons (Fsp3) is 0.500. The highest BCUT2D eigenvalue weighted by Crippen LogP contribution is 2.51. The number of methoxy groups -OCH3 is 3. The van der Waals surface area contributed by atoms with E-state index in [-0.39, 0.29) is 95.3 Å². The van der Waals surface area contributed by atoms with Crippen molar-refractivity contribution in [1.82, 2.24) is 29.5 Å². The first-order chi connectivity index (χ1) is 46.7. The number of carbonyl (C=O) groups is 5. The topological polar surface area (TPSA) is 315 Å². The summed E-state index contributed by atoms with van der Waals surface area (Å²) >= 11 is 0. The average molecular weight is 1370 g/mol. The van der Waals surface area contributed by atoms with E-state index in [1.807, 2.05) is 84.9 Å². The number of esters is 3. The Morgan fingerprint density at radius 1 is 0.649 bits per heavy atom. The number of fused-ring (bicyclic) bond motifs is 1. The molecular weight excluding hydrogens is 1280 g/mol. The van der Waals surface area contributed by atoms with E-state index in [4.69, 9.17) is 75.8 Å². The Balaban J connectivity index is 0.984. The van der Waals surface area contributed by atoms with Gasteiger partial charge in [0.15, 0.2) is 42.5 Å². The van der Waals surface area contributed by atoms with E-state index in [1.54, 1.807) is 50.2 Å². The SMILES string of the molecule is COc1ccc(C(OC[C@H]2O[C@@H](n3cnc4c(=O)[nH]c(NC(=O)COc5ccccc5)nc43)[C@H](OC)[C@@H]2OP(CCOCCOCCOCCO[C@@H]2O[C@H](COC(C)=O)[C@H](OC(C)=O)[C@H](OC(C)=O)[C@H]2NC(C)=O)N(C(C)C)C(C)C)(c2ccccc2)c2ccc(OC)cc2)cc1. The largest absolute Gasteiger partial charge is 0.497 e. The molecule has 2 saturated heterocycles. The van der Waals surface area contributed by atoms with Gasteiger partial charge in [-0.25, -0.2) is 4.98 Å². The van der Waals surface area contributed by atoms with Gasteiger partial charge >= 0.3 is 17.9 Å². The third-order valence-electron chi connectivity index (χ3n) is 15.6. The molecule has 6 aromatic rings. The highest BCUT2D eigenvalue weighted by atomic mass is 31.2. The molecule has 28 nitrogen and oxygen atoms in total. The summed E-state index contributed by atoms with van der Waals surface area (Å²) in [5, 5.41) is 5.32. The van der Waals surface area contributed by atoms with E-state index in [2.05, 4.69) is 53.0 Å². The normalized spacial score (nSPS) is 20.5. The second-order valence-corrected chi connectivity index (χ2v) is 24.9. The number of benzene rings is 4. The second kappa shape index (κ2) is 36.6. The maximum atomic E-state index is 13.8. The molecular formula is C68H88N7O21P. The van der Waals surface area contributed by atoms with Crippen LogP contribution in [0.4, 0.5) is 5.95 Å². The molecule has 4 heterocycles. The maximum Gasteiger partial charge on any atom is 0.303 e. The van der Waals surface area contributed by atoms with Crippen LogP contribution in [0.1, 0.15) is 78.3 Å². The molecule has 0 radical (unpaired) electrons. The Labute approximate surface area is 564 Å². The van der Waals surface area contributed by atoms with Gasteiger partial charge in [0, 0.05) is 53.1 Å². The lowest BCUT2D eigenvalue weighted by Crippen LogP contribution is -2.66. The predicted molar refractivity (Wildman–Crippen MR) is 353 cm³/mol. The lowest BCUT2D eigenvalue weighted by molar-refractivity contribution is -0.279. The number of anilines is 1. The second-order valence-electron chi connectivity index (χ2n) is 23.1. The number of para-hydroxylation sites is 1. The number of rotatable bonds is 37. The molecule has 97 heavy (non-hydrogen) atoms. The van der Waals surface area contributed by atoms with Crippen molar-refractivity contribution in [2.24, 2.45) is 0 Å². The number of hydrogen-bond acceptors (Lipinski definition) is 24. The van der Waals surface area contributed by atoms with Crippen LogP contribution in [-0.2, 0) is 86.2 Å². The summed E-state index contributed by atoms with van der Waals surface area (Å²) in [5.74, 6) is -1.51. The number of aromatic amines is 1. The molecule has 1 unspecified atom stereocenters. The molecule has 0 saturated carbocycles. The Morgan fingerprint density at radius 3 is 1.76 bits per heavy atom. The van der Waals surface area contributed by atoms with Crippen LogP contribution in [0, 0.1) is 0 Å². The van der Waals surface area contributed by atoms with Crippen LogP contribution in [0.5, 0.6) is 17.2 Å². The van der Waals surface area contributed by atoms with Crippen molar-refractivity contribution in [3.05, 3.63) is 143 Å². The van der Waals surface area contributed by atoms with Crippen LogP contribution >= 0.6 is 8.30 Å². The van der Waals surface area contributed by atoms with E-state index in [0.29, 0.717) is 23.4 Å². The van der Waals surface area contributed by atoms with Crippen molar-refractivity contribution in [3.8, 4) is 17.2 Å². The summed E-state index contributed by atoms with van der Waals surface area (Å²) in [6, 6.07) is 33.0. The molecule has 0 aliphatic carbocycles. The molecule has 29 heteroatoms. The summed E-state index contributed by atoms with van der Waals surface area (Å²) in [6.07, 6.45) is -6.65. The van der Waals surface area contributed by atoms with Crippen molar-refractivity contribution < 1.29 is 94.8 Å². The van der Waals surface area contributed by atoms with Crippen LogP contribution < -0.4 is 30.4 Å². The van der Waals surface area contributed by atoms with Gasteiger partial charge in [-0.2, -0.15) is 4.98 Å². The van der Waals surface area contributed by atoms with Crippen molar-refractivity contribution in [3.63, 3.8) is 0 Å². The number of amides is 2. The Kier molecular flexibility index (Phi) is 28.2. The van der Waals surface area contributed by atoms with Crippen molar-refractivity contribution in [2.75, 3.05) is 98.9 Å². The minimum atomic E-state index is -1.53. The number of aromatic nitrogens is 4. The lowest BCUT2D eigenvalue weighted by atomic mass is 9.80. The van der Waals surface area contributed by atoms with Gasteiger partial charge in [-0.05, 0) is 80.8 Å². The van der Waals surface area contributed by atoms with Crippen LogP contribution in [0.3, 0.4) is 0 Å². The number of ether oxygens (including phenoxy) is 14. The number of nitrogens with zero attached hydrogens (tertiary/aromatic N) is 4. The minimum Gasteiger partial charge on any atom is -0.497 e. The quantitative estimate of drug-likeness (QED) is 0.0121. The molecule has 0 spiro atoms. The molecule has 526 valence electrons. The monoisotopic (exact) mass is 1370 g/mol. The maximum absolute atomic E-state index is 13.8. The predicted octanol–water partition coefficient (Wildman–Crippen LogP) is 6.61. The molecule has 3 N–H and O–H groups in total. The van der Waals surface area contributed by atoms with E-state index in [0.717, 1.165) is 30.5 Å². The van der Waals surface area contributed by atoms with E-state index < -0.39 is 104 Å². The number of H-pyrrole nitrogens is 1. The van der Waals surface area contributed by atoms with Crippen molar-refractivity contribution >= 4 is 55.1 Å². The molecule has 8 rings (SSSR count). The molecule has 4 aromatic carbocycles. The smallest absolute Gasteiger partial charge is 0.303 e. The third-order valence-corrected chi connectivity index (χ3v) is 18.1. The molecule has 2 fully saturated rings. The highest BCUT2D eigenvalue weighted by Gasteiger charge is 2.53. The summed E-state index contributed by atoms with van der Waals surface area (Å²) in [4.78, 5) is 87.4. The van der Waals surface area contributed by atoms with Gasteiger partial charge in [-0.3, -0.25) is 48.3 Å². The lowest BCUT2D eigenvalue weighted by Gasteiger charge is -2.44. The highest BCUT2D eigenvalue weighted by molar-refractivity contribution is 7.50. The van der Waals surface area contributed by atoms with Gasteiger partial charge in [0.2, 0.25) is 11.9 Å². The Hall–Kier alpha value is -7.99. The third kappa shape index (κ3) is 20.1. The summed E-state index contributed by atoms with van der Waals surface area (Å²) in [6.45, 7) is 13.5.